The monoisotopic (exact) mass is 502 g/mol. The molecule has 6 atom stereocenters. The van der Waals surface area contributed by atoms with E-state index in [0.717, 1.165) is 12.0 Å². The highest BCUT2D eigenvalue weighted by Gasteiger charge is 2.53. The number of benzene rings is 1. The normalized spacial score (nSPS) is 27.6. The summed E-state index contributed by atoms with van der Waals surface area (Å²) in [5, 5.41) is 0. The van der Waals surface area contributed by atoms with Gasteiger partial charge in [0.15, 0.2) is 24.3 Å². The number of hydrogen-bond acceptors (Lipinski definition) is 9. The summed E-state index contributed by atoms with van der Waals surface area (Å²) >= 11 is 0. The Morgan fingerprint density at radius 3 is 2.39 bits per heavy atom. The third kappa shape index (κ3) is 7.74. The fraction of sp³-hybridized carbons (Fsp3) is 0.519. The van der Waals surface area contributed by atoms with E-state index in [1.54, 1.807) is 24.3 Å². The van der Waals surface area contributed by atoms with Crippen LogP contribution in [0.3, 0.4) is 0 Å². The summed E-state index contributed by atoms with van der Waals surface area (Å²) in [7, 11) is 0. The summed E-state index contributed by atoms with van der Waals surface area (Å²) in [5.41, 5.74) is 0.810. The van der Waals surface area contributed by atoms with Crippen molar-refractivity contribution in [3.63, 3.8) is 0 Å². The van der Waals surface area contributed by atoms with Crippen LogP contribution in [-0.4, -0.2) is 67.7 Å². The van der Waals surface area contributed by atoms with E-state index in [4.69, 9.17) is 28.4 Å². The van der Waals surface area contributed by atoms with Crippen LogP contribution >= 0.6 is 0 Å². The lowest BCUT2D eigenvalue weighted by Crippen LogP contribution is -2.64. The molecule has 2 fully saturated rings. The van der Waals surface area contributed by atoms with Gasteiger partial charge in [-0.25, -0.2) is 0 Å². The van der Waals surface area contributed by atoms with Crippen molar-refractivity contribution < 1.29 is 42.8 Å². The van der Waals surface area contributed by atoms with Crippen LogP contribution in [0.5, 0.6) is 5.75 Å². The van der Waals surface area contributed by atoms with Crippen LogP contribution in [0.4, 0.5) is 0 Å². The minimum atomic E-state index is -1.01. The SMILES string of the molecule is C=CCOc1ccc(/C=C/C(=O)C[C@@H]2O[C@@H]3COC(CCC)O[C@H]3[C@H](OC(C)=O)[C@H]2OC(C)=O)cc1. The van der Waals surface area contributed by atoms with Gasteiger partial charge in [0.05, 0.1) is 6.61 Å². The minimum absolute atomic E-state index is 0.0889. The Kier molecular flexibility index (Phi) is 10.2. The molecule has 0 radical (unpaired) electrons. The third-order valence-corrected chi connectivity index (χ3v) is 5.73. The van der Waals surface area contributed by atoms with E-state index >= 15 is 0 Å². The van der Waals surface area contributed by atoms with Gasteiger partial charge in [-0.05, 0) is 30.2 Å². The number of ketones is 1. The first-order valence-electron chi connectivity index (χ1n) is 12.1. The fourth-order valence-electron chi connectivity index (χ4n) is 4.20. The lowest BCUT2D eigenvalue weighted by molar-refractivity contribution is -0.327. The summed E-state index contributed by atoms with van der Waals surface area (Å²) in [6.07, 6.45) is 1.64. The first-order valence-corrected chi connectivity index (χ1v) is 12.1. The van der Waals surface area contributed by atoms with Crippen LogP contribution in [0.15, 0.2) is 43.0 Å². The van der Waals surface area contributed by atoms with Gasteiger partial charge < -0.3 is 28.4 Å². The van der Waals surface area contributed by atoms with Gasteiger partial charge in [-0.2, -0.15) is 0 Å². The smallest absolute Gasteiger partial charge is 0.303 e. The van der Waals surface area contributed by atoms with Crippen LogP contribution in [-0.2, 0) is 38.1 Å². The van der Waals surface area contributed by atoms with Gasteiger partial charge in [0, 0.05) is 20.3 Å². The standard InChI is InChI=1S/C27H34O9/c1-5-7-24-32-16-23-26(36-24)27(34-18(4)29)25(33-17(3)28)22(35-23)15-20(30)11-8-19-9-12-21(13-10-19)31-14-6-2/h6,8-13,22-27H,2,5,7,14-16H2,1,3-4H3/b11-8+/t22-,23+,24?,25-,26+,27+/m0/s1. The molecule has 0 amide bonds. The van der Waals surface area contributed by atoms with Gasteiger partial charge in [-0.15, -0.1) is 0 Å². The molecule has 9 nitrogen and oxygen atoms in total. The van der Waals surface area contributed by atoms with Crippen molar-refractivity contribution in [3.05, 3.63) is 48.6 Å². The predicted molar refractivity (Wildman–Crippen MR) is 130 cm³/mol. The van der Waals surface area contributed by atoms with Crippen LogP contribution in [0, 0.1) is 0 Å². The maximum Gasteiger partial charge on any atom is 0.303 e. The Bertz CT molecular complexity index is 939. The second-order valence-corrected chi connectivity index (χ2v) is 8.69. The number of hydrogen-bond donors (Lipinski definition) is 0. The largest absolute Gasteiger partial charge is 0.490 e. The first-order chi connectivity index (χ1) is 17.3. The maximum absolute atomic E-state index is 12.8. The van der Waals surface area contributed by atoms with Crippen molar-refractivity contribution in [2.24, 2.45) is 0 Å². The van der Waals surface area contributed by atoms with Crippen LogP contribution in [0.2, 0.25) is 0 Å². The van der Waals surface area contributed by atoms with Gasteiger partial charge in [0.2, 0.25) is 0 Å². The van der Waals surface area contributed by atoms with Crippen molar-refractivity contribution >= 4 is 23.8 Å². The number of rotatable bonds is 11. The van der Waals surface area contributed by atoms with E-state index in [1.807, 2.05) is 19.1 Å². The second kappa shape index (κ2) is 13.3. The van der Waals surface area contributed by atoms with E-state index in [-0.39, 0.29) is 18.8 Å². The molecule has 0 N–H and O–H groups in total. The van der Waals surface area contributed by atoms with Gasteiger partial charge in [0.25, 0.3) is 0 Å². The van der Waals surface area contributed by atoms with Crippen molar-refractivity contribution in [2.75, 3.05) is 13.2 Å². The van der Waals surface area contributed by atoms with E-state index in [0.29, 0.717) is 18.8 Å². The Morgan fingerprint density at radius 2 is 1.75 bits per heavy atom. The van der Waals surface area contributed by atoms with Gasteiger partial charge in [0.1, 0.15) is 30.7 Å². The molecule has 0 aromatic heterocycles. The molecule has 0 saturated carbocycles. The molecule has 1 aromatic carbocycles. The van der Waals surface area contributed by atoms with E-state index in [1.165, 1.54) is 19.9 Å². The molecule has 196 valence electrons. The van der Waals surface area contributed by atoms with Crippen molar-refractivity contribution in [3.8, 4) is 5.75 Å². The molecule has 1 aromatic rings. The summed E-state index contributed by atoms with van der Waals surface area (Å²) in [6.45, 7) is 8.76. The number of fused-ring (bicyclic) bond motifs is 1. The Labute approximate surface area is 211 Å². The maximum atomic E-state index is 12.8. The molecule has 2 saturated heterocycles. The molecule has 2 aliphatic heterocycles. The van der Waals surface area contributed by atoms with E-state index in [2.05, 4.69) is 6.58 Å². The van der Waals surface area contributed by atoms with Gasteiger partial charge in [-0.1, -0.05) is 44.2 Å². The number of allylic oxidation sites excluding steroid dienone is 1. The molecule has 0 bridgehead atoms. The summed E-state index contributed by atoms with van der Waals surface area (Å²) in [6, 6.07) is 7.25. The zero-order valence-corrected chi connectivity index (χ0v) is 20.9. The second-order valence-electron chi connectivity index (χ2n) is 8.69. The molecule has 36 heavy (non-hydrogen) atoms. The topological polar surface area (TPSA) is 107 Å². The molecule has 2 heterocycles. The van der Waals surface area contributed by atoms with Gasteiger partial charge >= 0.3 is 11.9 Å². The Balaban J connectivity index is 1.73. The zero-order chi connectivity index (χ0) is 26.1. The lowest BCUT2D eigenvalue weighted by atomic mass is 9.91. The Morgan fingerprint density at radius 1 is 1.06 bits per heavy atom. The molecule has 9 heteroatoms. The number of carbonyl (C=O) groups is 3. The summed E-state index contributed by atoms with van der Waals surface area (Å²) < 4.78 is 34.4. The summed E-state index contributed by atoms with van der Waals surface area (Å²) in [4.78, 5) is 36.7. The molecular weight excluding hydrogens is 468 g/mol. The highest BCUT2D eigenvalue weighted by Crippen LogP contribution is 2.34. The quantitative estimate of drug-likeness (QED) is 0.256. The average Bonchev–Trinajstić information content (AvgIpc) is 2.84. The van der Waals surface area contributed by atoms with Crippen LogP contribution in [0.25, 0.3) is 6.08 Å². The minimum Gasteiger partial charge on any atom is -0.490 e. The number of ether oxygens (including phenoxy) is 6. The molecular formula is C27H34O9. The highest BCUT2D eigenvalue weighted by atomic mass is 16.7. The predicted octanol–water partition coefficient (Wildman–Crippen LogP) is 3.40. The molecule has 1 unspecified atom stereocenters. The van der Waals surface area contributed by atoms with Crippen molar-refractivity contribution in [2.45, 2.75) is 76.8 Å². The Hall–Kier alpha value is -3.01. The highest BCUT2D eigenvalue weighted by molar-refractivity contribution is 5.94. The van der Waals surface area contributed by atoms with Crippen LogP contribution in [0.1, 0.15) is 45.6 Å². The molecule has 0 aliphatic carbocycles. The summed E-state index contributed by atoms with van der Waals surface area (Å²) in [5.74, 6) is -0.679. The third-order valence-electron chi connectivity index (χ3n) is 5.73. The van der Waals surface area contributed by atoms with Gasteiger partial charge in [-0.3, -0.25) is 14.4 Å². The fourth-order valence-corrected chi connectivity index (χ4v) is 4.20. The van der Waals surface area contributed by atoms with Crippen LogP contribution < -0.4 is 4.74 Å². The lowest BCUT2D eigenvalue weighted by Gasteiger charge is -2.48. The molecule has 0 spiro atoms. The van der Waals surface area contributed by atoms with Crippen molar-refractivity contribution in [1.29, 1.82) is 0 Å². The molecule has 2 aliphatic rings. The molecule has 3 rings (SSSR count). The zero-order valence-electron chi connectivity index (χ0n) is 20.9. The number of esters is 2. The number of carbonyl (C=O) groups excluding carboxylic acids is 3. The average molecular weight is 503 g/mol. The first kappa shape index (κ1) is 27.6. The van der Waals surface area contributed by atoms with E-state index in [9.17, 15) is 14.4 Å². The van der Waals surface area contributed by atoms with E-state index < -0.39 is 48.7 Å². The van der Waals surface area contributed by atoms with Crippen molar-refractivity contribution in [1.82, 2.24) is 0 Å².